The molecule has 0 saturated carbocycles. The quantitative estimate of drug-likeness (QED) is 0.850. The van der Waals surface area contributed by atoms with E-state index in [0.29, 0.717) is 17.9 Å². The summed E-state index contributed by atoms with van der Waals surface area (Å²) >= 11 is 1.79. The summed E-state index contributed by atoms with van der Waals surface area (Å²) in [4.78, 5) is 3.64. The molecular formula is C14H21NO2S. The summed E-state index contributed by atoms with van der Waals surface area (Å²) in [6.07, 6.45) is 0.306. The van der Waals surface area contributed by atoms with Gasteiger partial charge in [-0.05, 0) is 38.1 Å². The van der Waals surface area contributed by atoms with Crippen LogP contribution in [0.5, 0.6) is 5.75 Å². The zero-order valence-corrected chi connectivity index (χ0v) is 11.8. The van der Waals surface area contributed by atoms with E-state index in [1.807, 2.05) is 12.1 Å². The lowest BCUT2D eigenvalue weighted by Crippen LogP contribution is -2.46. The number of morpholine rings is 1. The molecule has 0 amide bonds. The Labute approximate surface area is 113 Å². The molecule has 1 atom stereocenters. The van der Waals surface area contributed by atoms with E-state index in [2.05, 4.69) is 18.7 Å². The van der Waals surface area contributed by atoms with Crippen molar-refractivity contribution in [1.29, 1.82) is 0 Å². The number of phenols is 1. The fourth-order valence-corrected chi connectivity index (χ4v) is 2.95. The minimum absolute atomic E-state index is 0.306. The largest absolute Gasteiger partial charge is 0.508 e. The number of benzene rings is 1. The molecule has 0 spiro atoms. The average Bonchev–Trinajstić information content (AvgIpc) is 2.38. The summed E-state index contributed by atoms with van der Waals surface area (Å²) in [5, 5.41) is 9.23. The Kier molecular flexibility index (Phi) is 4.92. The Balaban J connectivity index is 1.81. The van der Waals surface area contributed by atoms with Crippen LogP contribution in [0.15, 0.2) is 29.2 Å². The molecule has 1 heterocycles. The van der Waals surface area contributed by atoms with Crippen LogP contribution in [0.4, 0.5) is 0 Å². The van der Waals surface area contributed by atoms with Crippen LogP contribution < -0.4 is 0 Å². The number of rotatable bonds is 4. The van der Waals surface area contributed by atoms with Gasteiger partial charge in [-0.1, -0.05) is 0 Å². The van der Waals surface area contributed by atoms with Crippen molar-refractivity contribution < 1.29 is 9.84 Å². The SMILES string of the molecule is CC(C)N1CCOC(CSc2ccc(O)cc2)C1. The molecule has 1 saturated heterocycles. The summed E-state index contributed by atoms with van der Waals surface area (Å²) in [6.45, 7) is 7.35. The third-order valence-corrected chi connectivity index (χ3v) is 4.32. The molecule has 0 bridgehead atoms. The normalized spacial score (nSPS) is 21.4. The predicted molar refractivity (Wildman–Crippen MR) is 75.3 cm³/mol. The van der Waals surface area contributed by atoms with Gasteiger partial charge in [0.15, 0.2) is 0 Å². The van der Waals surface area contributed by atoms with E-state index in [4.69, 9.17) is 4.74 Å². The highest BCUT2D eigenvalue weighted by Crippen LogP contribution is 2.23. The van der Waals surface area contributed by atoms with E-state index in [1.165, 1.54) is 4.90 Å². The zero-order chi connectivity index (χ0) is 13.0. The second-order valence-electron chi connectivity index (χ2n) is 4.89. The van der Waals surface area contributed by atoms with Gasteiger partial charge in [0.25, 0.3) is 0 Å². The van der Waals surface area contributed by atoms with Gasteiger partial charge in [0.05, 0.1) is 12.7 Å². The van der Waals surface area contributed by atoms with Crippen LogP contribution in [-0.2, 0) is 4.74 Å². The smallest absolute Gasteiger partial charge is 0.115 e. The van der Waals surface area contributed by atoms with Crippen LogP contribution >= 0.6 is 11.8 Å². The number of nitrogens with zero attached hydrogens (tertiary/aromatic N) is 1. The molecule has 2 rings (SSSR count). The first kappa shape index (κ1) is 13.7. The summed E-state index contributed by atoms with van der Waals surface area (Å²) in [7, 11) is 0. The number of phenolic OH excluding ortho intramolecular Hbond substituents is 1. The fraction of sp³-hybridized carbons (Fsp3) is 0.571. The van der Waals surface area contributed by atoms with Crippen LogP contribution in [0.25, 0.3) is 0 Å². The molecule has 3 nitrogen and oxygen atoms in total. The zero-order valence-electron chi connectivity index (χ0n) is 11.0. The fourth-order valence-electron chi connectivity index (χ4n) is 2.04. The van der Waals surface area contributed by atoms with Crippen molar-refractivity contribution in [2.24, 2.45) is 0 Å². The molecule has 0 aliphatic carbocycles. The van der Waals surface area contributed by atoms with Crippen molar-refractivity contribution >= 4 is 11.8 Å². The Morgan fingerprint density at radius 1 is 1.39 bits per heavy atom. The molecule has 18 heavy (non-hydrogen) atoms. The third-order valence-electron chi connectivity index (χ3n) is 3.17. The van der Waals surface area contributed by atoms with Gasteiger partial charge in [0.1, 0.15) is 5.75 Å². The molecule has 1 fully saturated rings. The van der Waals surface area contributed by atoms with Crippen molar-refractivity contribution in [2.75, 3.05) is 25.4 Å². The molecule has 1 aromatic rings. The first-order chi connectivity index (χ1) is 8.65. The molecule has 1 aliphatic rings. The summed E-state index contributed by atoms with van der Waals surface area (Å²) < 4.78 is 5.79. The van der Waals surface area contributed by atoms with Gasteiger partial charge in [-0.15, -0.1) is 11.8 Å². The highest BCUT2D eigenvalue weighted by atomic mass is 32.2. The lowest BCUT2D eigenvalue weighted by molar-refractivity contribution is -0.0265. The summed E-state index contributed by atoms with van der Waals surface area (Å²) in [5.74, 6) is 1.29. The monoisotopic (exact) mass is 267 g/mol. The predicted octanol–water partition coefficient (Wildman–Crippen LogP) is 2.59. The molecule has 100 valence electrons. The van der Waals surface area contributed by atoms with Crippen molar-refractivity contribution in [3.8, 4) is 5.75 Å². The van der Waals surface area contributed by atoms with Crippen LogP contribution in [0.1, 0.15) is 13.8 Å². The van der Waals surface area contributed by atoms with Crippen LogP contribution in [0.2, 0.25) is 0 Å². The Hall–Kier alpha value is -0.710. The number of thioether (sulfide) groups is 1. The number of hydrogen-bond acceptors (Lipinski definition) is 4. The van der Waals surface area contributed by atoms with Crippen LogP contribution in [0, 0.1) is 0 Å². The number of hydrogen-bond donors (Lipinski definition) is 1. The summed E-state index contributed by atoms with van der Waals surface area (Å²) in [5.41, 5.74) is 0. The van der Waals surface area contributed by atoms with Gasteiger partial charge in [-0.3, -0.25) is 4.90 Å². The standard InChI is InChI=1S/C14H21NO2S/c1-11(2)15-7-8-17-13(9-15)10-18-14-5-3-12(16)4-6-14/h3-6,11,13,16H,7-10H2,1-2H3. The highest BCUT2D eigenvalue weighted by molar-refractivity contribution is 7.99. The number of ether oxygens (including phenoxy) is 1. The first-order valence-electron chi connectivity index (χ1n) is 6.42. The minimum atomic E-state index is 0.306. The van der Waals surface area contributed by atoms with Crippen molar-refractivity contribution in [3.05, 3.63) is 24.3 Å². The van der Waals surface area contributed by atoms with Gasteiger partial charge in [-0.25, -0.2) is 0 Å². The molecule has 0 aromatic heterocycles. The minimum Gasteiger partial charge on any atom is -0.508 e. The Morgan fingerprint density at radius 2 is 2.11 bits per heavy atom. The molecule has 0 radical (unpaired) electrons. The van der Waals surface area contributed by atoms with E-state index >= 15 is 0 Å². The van der Waals surface area contributed by atoms with E-state index in [0.717, 1.165) is 25.4 Å². The summed E-state index contributed by atoms with van der Waals surface area (Å²) in [6, 6.07) is 7.94. The lowest BCUT2D eigenvalue weighted by Gasteiger charge is -2.35. The van der Waals surface area contributed by atoms with Gasteiger partial charge in [-0.2, -0.15) is 0 Å². The maximum Gasteiger partial charge on any atom is 0.115 e. The van der Waals surface area contributed by atoms with E-state index in [9.17, 15) is 5.11 Å². The Bertz CT molecular complexity index is 367. The van der Waals surface area contributed by atoms with Crippen LogP contribution in [0.3, 0.4) is 0 Å². The molecular weight excluding hydrogens is 246 g/mol. The molecule has 1 unspecified atom stereocenters. The van der Waals surface area contributed by atoms with Crippen LogP contribution in [-0.4, -0.2) is 47.6 Å². The third kappa shape index (κ3) is 3.90. The molecule has 4 heteroatoms. The van der Waals surface area contributed by atoms with Crippen molar-refractivity contribution in [1.82, 2.24) is 4.90 Å². The molecule has 1 N–H and O–H groups in total. The van der Waals surface area contributed by atoms with Gasteiger partial charge < -0.3 is 9.84 Å². The second kappa shape index (κ2) is 6.45. The maximum absolute atomic E-state index is 9.23. The van der Waals surface area contributed by atoms with E-state index in [1.54, 1.807) is 23.9 Å². The molecule has 1 aromatic carbocycles. The van der Waals surface area contributed by atoms with Crippen molar-refractivity contribution in [3.63, 3.8) is 0 Å². The average molecular weight is 267 g/mol. The Morgan fingerprint density at radius 3 is 2.78 bits per heavy atom. The topological polar surface area (TPSA) is 32.7 Å². The van der Waals surface area contributed by atoms with Crippen molar-refractivity contribution in [2.45, 2.75) is 30.9 Å². The van der Waals surface area contributed by atoms with Gasteiger partial charge in [0, 0.05) is 29.8 Å². The lowest BCUT2D eigenvalue weighted by atomic mass is 10.2. The molecule has 1 aliphatic heterocycles. The number of aromatic hydroxyl groups is 1. The van der Waals surface area contributed by atoms with E-state index < -0.39 is 0 Å². The first-order valence-corrected chi connectivity index (χ1v) is 7.41. The highest BCUT2D eigenvalue weighted by Gasteiger charge is 2.22. The second-order valence-corrected chi connectivity index (χ2v) is 5.98. The van der Waals surface area contributed by atoms with E-state index in [-0.39, 0.29) is 0 Å². The van der Waals surface area contributed by atoms with Gasteiger partial charge >= 0.3 is 0 Å². The maximum atomic E-state index is 9.23. The van der Waals surface area contributed by atoms with Gasteiger partial charge in [0.2, 0.25) is 0 Å².